The monoisotopic (exact) mass is 236 g/mol. The van der Waals surface area contributed by atoms with Gasteiger partial charge in [-0.05, 0) is 25.1 Å². The fraction of sp³-hybridized carbons (Fsp3) is 0.333. The number of anilines is 2. The van der Waals surface area contributed by atoms with E-state index in [0.29, 0.717) is 17.8 Å². The average molecular weight is 236 g/mol. The lowest BCUT2D eigenvalue weighted by Crippen LogP contribution is -2.10. The van der Waals surface area contributed by atoms with Crippen molar-refractivity contribution in [2.75, 3.05) is 24.7 Å². The van der Waals surface area contributed by atoms with Crippen LogP contribution in [0.5, 0.6) is 0 Å². The van der Waals surface area contributed by atoms with E-state index in [9.17, 15) is 9.59 Å². The molecule has 0 saturated carbocycles. The van der Waals surface area contributed by atoms with E-state index in [4.69, 9.17) is 5.73 Å². The number of carbonyl (C=O) groups excluding carboxylic acids is 2. The van der Waals surface area contributed by atoms with Gasteiger partial charge in [-0.2, -0.15) is 0 Å². The number of ketones is 1. The number of Topliss-reactive ketones (excluding diaryl/α,β-unsaturated/α-hetero) is 1. The summed E-state index contributed by atoms with van der Waals surface area (Å²) in [5.74, 6) is -0.338. The molecule has 5 heteroatoms. The van der Waals surface area contributed by atoms with Gasteiger partial charge in [0.2, 0.25) is 0 Å². The molecule has 92 valence electrons. The number of nitrogen functional groups attached to an aromatic ring is 1. The number of hydrogen-bond acceptors (Lipinski definition) is 5. The second-order valence-electron chi connectivity index (χ2n) is 3.61. The number of ether oxygens (including phenoxy) is 1. The zero-order chi connectivity index (χ0) is 12.8. The van der Waals surface area contributed by atoms with Crippen LogP contribution >= 0.6 is 0 Å². The lowest BCUT2D eigenvalue weighted by Gasteiger charge is -2.08. The first-order valence-electron chi connectivity index (χ1n) is 5.25. The molecule has 0 aromatic heterocycles. The van der Waals surface area contributed by atoms with E-state index in [1.807, 2.05) is 0 Å². The molecule has 0 bridgehead atoms. The van der Waals surface area contributed by atoms with Gasteiger partial charge in [0.25, 0.3) is 0 Å². The van der Waals surface area contributed by atoms with E-state index in [1.165, 1.54) is 14.0 Å². The first-order valence-corrected chi connectivity index (χ1v) is 5.25. The molecule has 0 fully saturated rings. The normalized spacial score (nSPS) is 9.76. The van der Waals surface area contributed by atoms with Crippen LogP contribution < -0.4 is 11.1 Å². The second kappa shape index (κ2) is 5.89. The molecule has 1 aromatic carbocycles. The molecule has 0 spiro atoms. The van der Waals surface area contributed by atoms with Crippen LogP contribution in [0.15, 0.2) is 18.2 Å². The molecular formula is C12H16N2O3. The Bertz CT molecular complexity index is 430. The van der Waals surface area contributed by atoms with E-state index in [1.54, 1.807) is 18.2 Å². The molecule has 0 aliphatic carbocycles. The molecular weight excluding hydrogens is 220 g/mol. The Morgan fingerprint density at radius 3 is 2.65 bits per heavy atom. The van der Waals surface area contributed by atoms with Gasteiger partial charge in [-0.25, -0.2) is 0 Å². The molecule has 0 heterocycles. The topological polar surface area (TPSA) is 81.4 Å². The molecule has 17 heavy (non-hydrogen) atoms. The van der Waals surface area contributed by atoms with Gasteiger partial charge in [-0.1, -0.05) is 0 Å². The summed E-state index contributed by atoms with van der Waals surface area (Å²) < 4.78 is 4.51. The SMILES string of the molecule is COC(=O)CCNc1ccc(C(C)=O)c(N)c1. The summed E-state index contributed by atoms with van der Waals surface area (Å²) in [5.41, 5.74) is 7.44. The maximum Gasteiger partial charge on any atom is 0.307 e. The van der Waals surface area contributed by atoms with Crippen LogP contribution in [0.1, 0.15) is 23.7 Å². The van der Waals surface area contributed by atoms with Crippen LogP contribution in [0.25, 0.3) is 0 Å². The van der Waals surface area contributed by atoms with Crippen molar-refractivity contribution in [2.45, 2.75) is 13.3 Å². The van der Waals surface area contributed by atoms with Gasteiger partial charge in [-0.3, -0.25) is 9.59 Å². The van der Waals surface area contributed by atoms with Gasteiger partial charge >= 0.3 is 5.97 Å². The molecule has 1 aromatic rings. The molecule has 0 atom stereocenters. The van der Waals surface area contributed by atoms with Gasteiger partial charge in [0, 0.05) is 23.5 Å². The summed E-state index contributed by atoms with van der Waals surface area (Å²) in [6, 6.07) is 5.09. The highest BCUT2D eigenvalue weighted by molar-refractivity contribution is 5.99. The Kier molecular flexibility index (Phi) is 4.51. The quantitative estimate of drug-likeness (QED) is 0.459. The smallest absolute Gasteiger partial charge is 0.307 e. The number of rotatable bonds is 5. The first-order chi connectivity index (χ1) is 8.04. The van der Waals surface area contributed by atoms with Crippen molar-refractivity contribution in [3.8, 4) is 0 Å². The summed E-state index contributed by atoms with van der Waals surface area (Å²) >= 11 is 0. The minimum Gasteiger partial charge on any atom is -0.469 e. The van der Waals surface area contributed by atoms with Gasteiger partial charge in [0.1, 0.15) is 0 Å². The number of nitrogens with one attached hydrogen (secondary N) is 1. The molecule has 0 radical (unpaired) electrons. The molecule has 1 rings (SSSR count). The minimum absolute atomic E-state index is 0.0661. The van der Waals surface area contributed by atoms with Crippen molar-refractivity contribution in [3.63, 3.8) is 0 Å². The third-order valence-corrected chi connectivity index (χ3v) is 2.32. The van der Waals surface area contributed by atoms with Crippen LogP contribution in [0.4, 0.5) is 11.4 Å². The maximum absolute atomic E-state index is 11.2. The van der Waals surface area contributed by atoms with Gasteiger partial charge in [0.15, 0.2) is 5.78 Å². The zero-order valence-electron chi connectivity index (χ0n) is 9.95. The largest absolute Gasteiger partial charge is 0.469 e. The number of hydrogen-bond donors (Lipinski definition) is 2. The molecule has 0 amide bonds. The van der Waals surface area contributed by atoms with Crippen molar-refractivity contribution in [1.29, 1.82) is 0 Å². The fourth-order valence-electron chi connectivity index (χ4n) is 1.40. The summed E-state index contributed by atoms with van der Waals surface area (Å²) in [7, 11) is 1.35. The number of benzene rings is 1. The summed E-state index contributed by atoms with van der Waals surface area (Å²) in [6.45, 7) is 1.93. The minimum atomic E-state index is -0.272. The number of methoxy groups -OCH3 is 1. The Morgan fingerprint density at radius 2 is 2.12 bits per heavy atom. The molecule has 0 unspecified atom stereocenters. The van der Waals surface area contributed by atoms with Crippen molar-refractivity contribution in [2.24, 2.45) is 0 Å². The fourth-order valence-corrected chi connectivity index (χ4v) is 1.40. The van der Waals surface area contributed by atoms with Crippen LogP contribution in [-0.2, 0) is 9.53 Å². The van der Waals surface area contributed by atoms with Crippen molar-refractivity contribution >= 4 is 23.1 Å². The van der Waals surface area contributed by atoms with E-state index in [-0.39, 0.29) is 18.2 Å². The summed E-state index contributed by atoms with van der Waals surface area (Å²) in [4.78, 5) is 22.0. The number of carbonyl (C=O) groups is 2. The van der Waals surface area contributed by atoms with Crippen LogP contribution in [0, 0.1) is 0 Å². The number of esters is 1. The van der Waals surface area contributed by atoms with Crippen LogP contribution in [0.3, 0.4) is 0 Å². The summed E-state index contributed by atoms with van der Waals surface area (Å²) in [6.07, 6.45) is 0.283. The predicted molar refractivity (Wildman–Crippen MR) is 66.0 cm³/mol. The van der Waals surface area contributed by atoms with E-state index in [0.717, 1.165) is 5.69 Å². The Labute approximate surface area is 99.9 Å². The van der Waals surface area contributed by atoms with E-state index in [2.05, 4.69) is 10.1 Å². The summed E-state index contributed by atoms with van der Waals surface area (Å²) in [5, 5.41) is 3.02. The van der Waals surface area contributed by atoms with Crippen LogP contribution in [-0.4, -0.2) is 25.4 Å². The van der Waals surface area contributed by atoms with Gasteiger partial charge < -0.3 is 15.8 Å². The van der Waals surface area contributed by atoms with E-state index >= 15 is 0 Å². The molecule has 0 aliphatic rings. The second-order valence-corrected chi connectivity index (χ2v) is 3.61. The van der Waals surface area contributed by atoms with Crippen molar-refractivity contribution in [3.05, 3.63) is 23.8 Å². The van der Waals surface area contributed by atoms with Gasteiger partial charge in [0.05, 0.1) is 13.5 Å². The Hall–Kier alpha value is -2.04. The Morgan fingerprint density at radius 1 is 1.41 bits per heavy atom. The third-order valence-electron chi connectivity index (χ3n) is 2.32. The maximum atomic E-state index is 11.2. The molecule has 0 saturated heterocycles. The molecule has 5 nitrogen and oxygen atoms in total. The van der Waals surface area contributed by atoms with Crippen LogP contribution in [0.2, 0.25) is 0 Å². The Balaban J connectivity index is 2.59. The highest BCUT2D eigenvalue weighted by Crippen LogP contribution is 2.18. The van der Waals surface area contributed by atoms with Crippen molar-refractivity contribution in [1.82, 2.24) is 0 Å². The van der Waals surface area contributed by atoms with E-state index < -0.39 is 0 Å². The average Bonchev–Trinajstić information content (AvgIpc) is 2.28. The first kappa shape index (κ1) is 13.0. The molecule has 3 N–H and O–H groups in total. The predicted octanol–water partition coefficient (Wildman–Crippen LogP) is 1.45. The lowest BCUT2D eigenvalue weighted by molar-refractivity contribution is -0.140. The van der Waals surface area contributed by atoms with Gasteiger partial charge in [-0.15, -0.1) is 0 Å². The third kappa shape index (κ3) is 3.79. The van der Waals surface area contributed by atoms with Crippen molar-refractivity contribution < 1.29 is 14.3 Å². The number of nitrogens with two attached hydrogens (primary N) is 1. The molecule has 0 aliphatic heterocycles. The highest BCUT2D eigenvalue weighted by atomic mass is 16.5. The standard InChI is InChI=1S/C12H16N2O3/c1-8(15)10-4-3-9(7-11(10)13)14-6-5-12(16)17-2/h3-4,7,14H,5-6,13H2,1-2H3. The lowest BCUT2D eigenvalue weighted by atomic mass is 10.1. The highest BCUT2D eigenvalue weighted by Gasteiger charge is 2.05. The zero-order valence-corrected chi connectivity index (χ0v) is 9.95.